The minimum atomic E-state index is 0.0438. The Balaban J connectivity index is 1.31. The first-order valence-electron chi connectivity index (χ1n) is 9.04. The van der Waals surface area contributed by atoms with Crippen LogP contribution in [-0.2, 0) is 17.8 Å². The zero-order valence-corrected chi connectivity index (χ0v) is 15.2. The van der Waals surface area contributed by atoms with Crippen molar-refractivity contribution < 1.29 is 4.79 Å². The summed E-state index contributed by atoms with van der Waals surface area (Å²) in [7, 11) is 0. The summed E-state index contributed by atoms with van der Waals surface area (Å²) >= 11 is 1.81. The highest BCUT2D eigenvalue weighted by molar-refractivity contribution is 7.10. The fourth-order valence-corrected chi connectivity index (χ4v) is 4.86. The van der Waals surface area contributed by atoms with Gasteiger partial charge in [-0.2, -0.15) is 4.52 Å². The van der Waals surface area contributed by atoms with Crippen LogP contribution in [0.5, 0.6) is 0 Å². The number of amides is 1. The Bertz CT molecular complexity index is 950. The molecule has 1 unspecified atom stereocenters. The van der Waals surface area contributed by atoms with Crippen LogP contribution in [0.1, 0.15) is 23.3 Å². The van der Waals surface area contributed by atoms with Crippen LogP contribution in [0.3, 0.4) is 0 Å². The van der Waals surface area contributed by atoms with Crippen LogP contribution < -0.4 is 4.90 Å². The van der Waals surface area contributed by atoms with Crippen LogP contribution >= 0.6 is 11.3 Å². The van der Waals surface area contributed by atoms with Crippen molar-refractivity contribution in [1.29, 1.82) is 0 Å². The molecule has 1 amide bonds. The van der Waals surface area contributed by atoms with E-state index in [0.717, 1.165) is 56.9 Å². The van der Waals surface area contributed by atoms with E-state index in [0.29, 0.717) is 0 Å². The van der Waals surface area contributed by atoms with Gasteiger partial charge >= 0.3 is 0 Å². The van der Waals surface area contributed by atoms with Gasteiger partial charge in [-0.05, 0) is 48.4 Å². The molecule has 0 spiro atoms. The van der Waals surface area contributed by atoms with Gasteiger partial charge in [-0.1, -0.05) is 0 Å². The molecule has 7 nitrogen and oxygen atoms in total. The highest BCUT2D eigenvalue weighted by Gasteiger charge is 2.31. The smallest absolute Gasteiger partial charge is 0.227 e. The zero-order valence-electron chi connectivity index (χ0n) is 14.4. The summed E-state index contributed by atoms with van der Waals surface area (Å²) in [5.74, 6) is 1.22. The number of hydrogen-bond acceptors (Lipinski definition) is 6. The standard InChI is InChI=1S/C18H20N6OS/c25-18(23-8-5-15-13(10-23)6-9-26-15)14-2-1-7-22(11-14)17-4-3-16-20-19-12-24(16)21-17/h3-4,6,9,12,14H,1-2,5,7-8,10-11H2. The third-order valence-corrected chi connectivity index (χ3v) is 6.38. The molecule has 0 bridgehead atoms. The van der Waals surface area contributed by atoms with Crippen LogP contribution in [0.15, 0.2) is 29.9 Å². The van der Waals surface area contributed by atoms with Crippen molar-refractivity contribution in [2.24, 2.45) is 5.92 Å². The number of nitrogens with zero attached hydrogens (tertiary/aromatic N) is 6. The maximum Gasteiger partial charge on any atom is 0.227 e. The van der Waals surface area contributed by atoms with Gasteiger partial charge in [0.15, 0.2) is 5.65 Å². The summed E-state index contributed by atoms with van der Waals surface area (Å²) in [4.78, 5) is 18.8. The molecule has 2 aliphatic rings. The molecule has 1 saturated heterocycles. The maximum atomic E-state index is 13.1. The quantitative estimate of drug-likeness (QED) is 0.692. The van der Waals surface area contributed by atoms with E-state index in [1.54, 1.807) is 22.2 Å². The van der Waals surface area contributed by atoms with E-state index >= 15 is 0 Å². The number of aromatic nitrogens is 4. The molecule has 134 valence electrons. The topological polar surface area (TPSA) is 66.6 Å². The predicted molar refractivity (Wildman–Crippen MR) is 99.2 cm³/mol. The Morgan fingerprint density at radius 3 is 3.15 bits per heavy atom. The first kappa shape index (κ1) is 15.7. The third kappa shape index (κ3) is 2.74. The largest absolute Gasteiger partial charge is 0.354 e. The van der Waals surface area contributed by atoms with Gasteiger partial charge in [-0.25, -0.2) is 0 Å². The Kier molecular flexibility index (Phi) is 3.85. The second kappa shape index (κ2) is 6.35. The molecule has 0 aromatic carbocycles. The number of piperidine rings is 1. The minimum absolute atomic E-state index is 0.0438. The average molecular weight is 368 g/mol. The van der Waals surface area contributed by atoms with Crippen molar-refractivity contribution in [2.75, 3.05) is 24.5 Å². The molecule has 0 N–H and O–H groups in total. The van der Waals surface area contributed by atoms with E-state index in [4.69, 9.17) is 0 Å². The summed E-state index contributed by atoms with van der Waals surface area (Å²) in [5.41, 5.74) is 2.06. The monoisotopic (exact) mass is 368 g/mol. The molecule has 5 rings (SSSR count). The van der Waals surface area contributed by atoms with E-state index in [2.05, 4.69) is 31.6 Å². The molecule has 26 heavy (non-hydrogen) atoms. The highest BCUT2D eigenvalue weighted by Crippen LogP contribution is 2.28. The highest BCUT2D eigenvalue weighted by atomic mass is 32.1. The summed E-state index contributed by atoms with van der Waals surface area (Å²) in [5, 5.41) is 14.6. The van der Waals surface area contributed by atoms with Gasteiger partial charge in [0.2, 0.25) is 5.91 Å². The number of rotatable bonds is 2. The zero-order chi connectivity index (χ0) is 17.5. The van der Waals surface area contributed by atoms with Crippen LogP contribution in [0.2, 0.25) is 0 Å². The van der Waals surface area contributed by atoms with Gasteiger partial charge in [0, 0.05) is 31.1 Å². The normalized spacial score (nSPS) is 20.4. The summed E-state index contributed by atoms with van der Waals surface area (Å²) in [6, 6.07) is 6.05. The predicted octanol–water partition coefficient (Wildman–Crippen LogP) is 1.99. The first-order chi connectivity index (χ1) is 12.8. The lowest BCUT2D eigenvalue weighted by Crippen LogP contribution is -2.46. The molecule has 8 heteroatoms. The molecule has 1 atom stereocenters. The first-order valence-corrected chi connectivity index (χ1v) is 9.92. The fourth-order valence-electron chi connectivity index (χ4n) is 3.97. The Labute approximate surface area is 155 Å². The Morgan fingerprint density at radius 1 is 1.23 bits per heavy atom. The molecule has 3 aromatic heterocycles. The lowest BCUT2D eigenvalue weighted by Gasteiger charge is -2.36. The van der Waals surface area contributed by atoms with Crippen molar-refractivity contribution in [3.05, 3.63) is 40.3 Å². The summed E-state index contributed by atoms with van der Waals surface area (Å²) in [6.07, 6.45) is 4.56. The van der Waals surface area contributed by atoms with E-state index in [-0.39, 0.29) is 11.8 Å². The molecule has 1 fully saturated rings. The lowest BCUT2D eigenvalue weighted by atomic mass is 9.95. The van der Waals surface area contributed by atoms with Gasteiger partial charge < -0.3 is 9.80 Å². The number of hydrogen-bond donors (Lipinski definition) is 0. The molecule has 0 aliphatic carbocycles. The van der Waals surface area contributed by atoms with E-state index in [1.165, 1.54) is 10.4 Å². The van der Waals surface area contributed by atoms with Gasteiger partial charge in [0.25, 0.3) is 0 Å². The number of fused-ring (bicyclic) bond motifs is 2. The van der Waals surface area contributed by atoms with E-state index in [9.17, 15) is 4.79 Å². The summed E-state index contributed by atoms with van der Waals surface area (Å²) < 4.78 is 1.68. The maximum absolute atomic E-state index is 13.1. The second-order valence-corrected chi connectivity index (χ2v) is 7.99. The van der Waals surface area contributed by atoms with Gasteiger partial charge in [0.1, 0.15) is 12.1 Å². The van der Waals surface area contributed by atoms with Gasteiger partial charge in [-0.3, -0.25) is 4.79 Å². The van der Waals surface area contributed by atoms with E-state index < -0.39 is 0 Å². The second-order valence-electron chi connectivity index (χ2n) is 6.99. The summed E-state index contributed by atoms with van der Waals surface area (Å²) in [6.45, 7) is 3.26. The molecule has 2 aliphatic heterocycles. The Morgan fingerprint density at radius 2 is 2.19 bits per heavy atom. The van der Waals surface area contributed by atoms with Crippen molar-refractivity contribution >= 4 is 28.7 Å². The molecule has 0 saturated carbocycles. The van der Waals surface area contributed by atoms with Crippen molar-refractivity contribution in [1.82, 2.24) is 24.7 Å². The van der Waals surface area contributed by atoms with Crippen LogP contribution in [0.4, 0.5) is 5.82 Å². The minimum Gasteiger partial charge on any atom is -0.354 e. The van der Waals surface area contributed by atoms with E-state index in [1.807, 2.05) is 17.0 Å². The molecule has 5 heterocycles. The fraction of sp³-hybridized carbons (Fsp3) is 0.444. The molecule has 3 aromatic rings. The molecular formula is C18H20N6OS. The molecule has 0 radical (unpaired) electrons. The number of anilines is 1. The van der Waals surface area contributed by atoms with Crippen LogP contribution in [0, 0.1) is 5.92 Å². The number of carbonyl (C=O) groups is 1. The van der Waals surface area contributed by atoms with Gasteiger partial charge in [-0.15, -0.1) is 26.6 Å². The Hall–Kier alpha value is -2.48. The third-order valence-electron chi connectivity index (χ3n) is 5.36. The van der Waals surface area contributed by atoms with Crippen LogP contribution in [-0.4, -0.2) is 50.3 Å². The SMILES string of the molecule is O=C(C1CCCN(c2ccc3nncn3n2)C1)N1CCc2sccc2C1. The van der Waals surface area contributed by atoms with Crippen molar-refractivity contribution in [3.63, 3.8) is 0 Å². The lowest BCUT2D eigenvalue weighted by molar-refractivity contribution is -0.136. The average Bonchev–Trinajstić information content (AvgIpc) is 3.35. The number of carbonyl (C=O) groups excluding carboxylic acids is 1. The molecular weight excluding hydrogens is 348 g/mol. The van der Waals surface area contributed by atoms with Crippen molar-refractivity contribution in [3.8, 4) is 0 Å². The number of thiophene rings is 1. The van der Waals surface area contributed by atoms with Gasteiger partial charge in [0.05, 0.1) is 5.92 Å². The van der Waals surface area contributed by atoms with Crippen molar-refractivity contribution in [2.45, 2.75) is 25.8 Å². The van der Waals surface area contributed by atoms with Crippen LogP contribution in [0.25, 0.3) is 5.65 Å².